The number of nitrogens with one attached hydrogen (secondary N) is 1. The van der Waals surface area contributed by atoms with Crippen LogP contribution in [-0.4, -0.2) is 37.5 Å². The average molecular weight is 299 g/mol. The van der Waals surface area contributed by atoms with Gasteiger partial charge in [0.25, 0.3) is 0 Å². The van der Waals surface area contributed by atoms with Gasteiger partial charge in [-0.15, -0.1) is 0 Å². The van der Waals surface area contributed by atoms with Crippen LogP contribution >= 0.6 is 0 Å². The third-order valence-corrected chi connectivity index (χ3v) is 4.21. The van der Waals surface area contributed by atoms with E-state index in [0.29, 0.717) is 19.1 Å². The highest BCUT2D eigenvalue weighted by atomic mass is 16.5. The molecule has 0 radical (unpaired) electrons. The monoisotopic (exact) mass is 299 g/mol. The van der Waals surface area contributed by atoms with Crippen molar-refractivity contribution in [2.45, 2.75) is 78.4 Å². The fourth-order valence-electron chi connectivity index (χ4n) is 2.72. The maximum Gasteiger partial charge on any atom is 0.0807 e. The molecule has 1 fully saturated rings. The van der Waals surface area contributed by atoms with Crippen LogP contribution in [0.25, 0.3) is 0 Å². The first kappa shape index (κ1) is 18.9. The number of hydrogen-bond acceptors (Lipinski definition) is 3. The van der Waals surface area contributed by atoms with Crippen LogP contribution < -0.4 is 5.32 Å². The van der Waals surface area contributed by atoms with Gasteiger partial charge in [0.2, 0.25) is 0 Å². The van der Waals surface area contributed by atoms with Crippen molar-refractivity contribution in [2.24, 2.45) is 11.8 Å². The second kappa shape index (κ2) is 8.50. The SMILES string of the molecule is CC(C)COCCOC1(CNC(C)(C)C)CCC(C)CC1. The van der Waals surface area contributed by atoms with Gasteiger partial charge in [0.15, 0.2) is 0 Å². The zero-order chi connectivity index (χ0) is 15.9. The van der Waals surface area contributed by atoms with Gasteiger partial charge in [0, 0.05) is 18.7 Å². The number of hydrogen-bond donors (Lipinski definition) is 1. The summed E-state index contributed by atoms with van der Waals surface area (Å²) in [7, 11) is 0. The third-order valence-electron chi connectivity index (χ3n) is 4.21. The minimum atomic E-state index is 0.0149. The lowest BCUT2D eigenvalue weighted by molar-refractivity contribution is -0.0951. The fraction of sp³-hybridized carbons (Fsp3) is 1.00. The minimum Gasteiger partial charge on any atom is -0.379 e. The Bertz CT molecular complexity index is 275. The maximum absolute atomic E-state index is 6.31. The molecular weight excluding hydrogens is 262 g/mol. The van der Waals surface area contributed by atoms with Crippen molar-refractivity contribution in [1.82, 2.24) is 5.32 Å². The molecule has 0 spiro atoms. The maximum atomic E-state index is 6.31. The second-order valence-corrected chi connectivity index (χ2v) is 8.29. The Kier molecular flexibility index (Phi) is 7.66. The lowest BCUT2D eigenvalue weighted by Crippen LogP contribution is -2.51. The summed E-state index contributed by atoms with van der Waals surface area (Å²) in [5.41, 5.74) is 0.161. The number of rotatable bonds is 8. The van der Waals surface area contributed by atoms with E-state index in [-0.39, 0.29) is 11.1 Å². The van der Waals surface area contributed by atoms with Crippen LogP contribution in [-0.2, 0) is 9.47 Å². The molecule has 1 aliphatic rings. The minimum absolute atomic E-state index is 0.0149. The normalized spacial score (nSPS) is 27.3. The summed E-state index contributed by atoms with van der Waals surface area (Å²) in [6.45, 7) is 16.6. The van der Waals surface area contributed by atoms with Gasteiger partial charge < -0.3 is 14.8 Å². The molecule has 0 amide bonds. The standard InChI is InChI=1S/C18H37NO2/c1-15(2)13-20-11-12-21-18(14-19-17(4,5)6)9-7-16(3)8-10-18/h15-16,19H,7-14H2,1-6H3. The molecule has 0 bridgehead atoms. The second-order valence-electron chi connectivity index (χ2n) is 8.29. The van der Waals surface area contributed by atoms with Crippen molar-refractivity contribution in [2.75, 3.05) is 26.4 Å². The molecule has 0 aliphatic heterocycles. The Morgan fingerprint density at radius 2 is 1.76 bits per heavy atom. The topological polar surface area (TPSA) is 30.5 Å². The van der Waals surface area contributed by atoms with Crippen molar-refractivity contribution in [3.05, 3.63) is 0 Å². The highest BCUT2D eigenvalue weighted by Crippen LogP contribution is 2.34. The molecule has 3 nitrogen and oxygen atoms in total. The summed E-state index contributed by atoms with van der Waals surface area (Å²) in [6.07, 6.45) is 4.89. The Morgan fingerprint density at radius 1 is 1.14 bits per heavy atom. The molecule has 1 rings (SSSR count). The van der Waals surface area contributed by atoms with Crippen LogP contribution in [0.5, 0.6) is 0 Å². The molecule has 0 heterocycles. The van der Waals surface area contributed by atoms with Gasteiger partial charge in [-0.2, -0.15) is 0 Å². The first-order valence-corrected chi connectivity index (χ1v) is 8.69. The van der Waals surface area contributed by atoms with Gasteiger partial charge in [-0.25, -0.2) is 0 Å². The van der Waals surface area contributed by atoms with Crippen LogP contribution in [0.2, 0.25) is 0 Å². The summed E-state index contributed by atoms with van der Waals surface area (Å²) in [5, 5.41) is 3.64. The van der Waals surface area contributed by atoms with E-state index >= 15 is 0 Å². The van der Waals surface area contributed by atoms with Gasteiger partial charge >= 0.3 is 0 Å². The molecule has 3 heteroatoms. The predicted octanol–water partition coefficient (Wildman–Crippen LogP) is 4.01. The smallest absolute Gasteiger partial charge is 0.0807 e. The molecule has 1 aliphatic carbocycles. The molecule has 0 aromatic carbocycles. The summed E-state index contributed by atoms with van der Waals surface area (Å²) in [6, 6.07) is 0. The van der Waals surface area contributed by atoms with E-state index in [4.69, 9.17) is 9.47 Å². The van der Waals surface area contributed by atoms with Crippen molar-refractivity contribution >= 4 is 0 Å². The van der Waals surface area contributed by atoms with E-state index in [1.165, 1.54) is 25.7 Å². The Balaban J connectivity index is 2.41. The summed E-state index contributed by atoms with van der Waals surface area (Å²) in [5.74, 6) is 1.44. The number of ether oxygens (including phenoxy) is 2. The zero-order valence-electron chi connectivity index (χ0n) is 15.1. The quantitative estimate of drug-likeness (QED) is 0.687. The molecular formula is C18H37NO2. The van der Waals surface area contributed by atoms with Crippen LogP contribution in [0, 0.1) is 11.8 Å². The van der Waals surface area contributed by atoms with Crippen molar-refractivity contribution in [3.8, 4) is 0 Å². The van der Waals surface area contributed by atoms with Crippen LogP contribution in [0.3, 0.4) is 0 Å². The lowest BCUT2D eigenvalue weighted by Gasteiger charge is -2.41. The first-order chi connectivity index (χ1) is 9.72. The van der Waals surface area contributed by atoms with E-state index < -0.39 is 0 Å². The molecule has 0 unspecified atom stereocenters. The molecule has 0 atom stereocenters. The van der Waals surface area contributed by atoms with Crippen molar-refractivity contribution in [3.63, 3.8) is 0 Å². The molecule has 21 heavy (non-hydrogen) atoms. The predicted molar refractivity (Wildman–Crippen MR) is 89.7 cm³/mol. The molecule has 1 saturated carbocycles. The van der Waals surface area contributed by atoms with E-state index in [2.05, 4.69) is 46.9 Å². The van der Waals surface area contributed by atoms with Crippen LogP contribution in [0.15, 0.2) is 0 Å². The van der Waals surface area contributed by atoms with Gasteiger partial charge in [0.1, 0.15) is 0 Å². The van der Waals surface area contributed by atoms with E-state index in [1.54, 1.807) is 0 Å². The Labute approximate surface area is 132 Å². The first-order valence-electron chi connectivity index (χ1n) is 8.69. The highest BCUT2D eigenvalue weighted by molar-refractivity contribution is 4.90. The lowest BCUT2D eigenvalue weighted by atomic mass is 9.79. The molecule has 126 valence electrons. The highest BCUT2D eigenvalue weighted by Gasteiger charge is 2.35. The van der Waals surface area contributed by atoms with E-state index in [0.717, 1.165) is 19.1 Å². The molecule has 1 N–H and O–H groups in total. The summed E-state index contributed by atoms with van der Waals surface area (Å²) in [4.78, 5) is 0. The molecule has 0 aromatic heterocycles. The zero-order valence-corrected chi connectivity index (χ0v) is 15.1. The van der Waals surface area contributed by atoms with Crippen LogP contribution in [0.1, 0.15) is 67.2 Å². The molecule has 0 saturated heterocycles. The fourth-order valence-corrected chi connectivity index (χ4v) is 2.72. The van der Waals surface area contributed by atoms with Crippen molar-refractivity contribution in [1.29, 1.82) is 0 Å². The summed E-state index contributed by atoms with van der Waals surface area (Å²) >= 11 is 0. The molecule has 0 aromatic rings. The Hall–Kier alpha value is -0.120. The average Bonchev–Trinajstić information content (AvgIpc) is 2.38. The van der Waals surface area contributed by atoms with Crippen LogP contribution in [0.4, 0.5) is 0 Å². The summed E-state index contributed by atoms with van der Waals surface area (Å²) < 4.78 is 12.0. The van der Waals surface area contributed by atoms with E-state index in [9.17, 15) is 0 Å². The van der Waals surface area contributed by atoms with Gasteiger partial charge in [-0.3, -0.25) is 0 Å². The third kappa shape index (κ3) is 8.18. The largest absolute Gasteiger partial charge is 0.379 e. The van der Waals surface area contributed by atoms with Crippen molar-refractivity contribution < 1.29 is 9.47 Å². The van der Waals surface area contributed by atoms with Gasteiger partial charge in [0.05, 0.1) is 18.8 Å². The van der Waals surface area contributed by atoms with E-state index in [1.807, 2.05) is 0 Å². The Morgan fingerprint density at radius 3 is 2.29 bits per heavy atom. The van der Waals surface area contributed by atoms with Gasteiger partial charge in [-0.1, -0.05) is 20.8 Å². The van der Waals surface area contributed by atoms with Gasteiger partial charge in [-0.05, 0) is 58.3 Å².